The molecule has 0 aliphatic rings. The predicted molar refractivity (Wildman–Crippen MR) is 103 cm³/mol. The summed E-state index contributed by atoms with van der Waals surface area (Å²) >= 11 is 5.88. The average Bonchev–Trinajstić information content (AvgIpc) is 3.16. The molecule has 5 nitrogen and oxygen atoms in total. The quantitative estimate of drug-likeness (QED) is 0.377. The molecule has 0 fully saturated rings. The topological polar surface area (TPSA) is 61.6 Å². The second-order valence-electron chi connectivity index (χ2n) is 5.99. The number of hydrogen-bond donors (Lipinski definition) is 0. The summed E-state index contributed by atoms with van der Waals surface area (Å²) in [4.78, 5) is 12.2. The van der Waals surface area contributed by atoms with Crippen LogP contribution in [0.3, 0.4) is 0 Å². The molecular formula is C21H20ClNO4. The number of rotatable bonds is 8. The molecule has 0 spiro atoms. The highest BCUT2D eigenvalue weighted by Gasteiger charge is 2.11. The Morgan fingerprint density at radius 2 is 1.85 bits per heavy atom. The van der Waals surface area contributed by atoms with E-state index in [1.807, 2.05) is 12.1 Å². The molecule has 0 saturated heterocycles. The highest BCUT2D eigenvalue weighted by Crippen LogP contribution is 2.22. The molecule has 3 rings (SSSR count). The van der Waals surface area contributed by atoms with Crippen molar-refractivity contribution in [3.05, 3.63) is 70.9 Å². The summed E-state index contributed by atoms with van der Waals surface area (Å²) in [5.74, 6) is 0.904. The number of esters is 1. The summed E-state index contributed by atoms with van der Waals surface area (Å²) in [6.45, 7) is 2.81. The zero-order valence-electron chi connectivity index (χ0n) is 15.0. The molecule has 0 aliphatic heterocycles. The second-order valence-corrected chi connectivity index (χ2v) is 6.43. The van der Waals surface area contributed by atoms with Gasteiger partial charge in [0.05, 0.1) is 12.2 Å². The Bertz CT molecular complexity index is 872. The summed E-state index contributed by atoms with van der Waals surface area (Å²) < 4.78 is 16.2. The monoisotopic (exact) mass is 385 g/mol. The lowest BCUT2D eigenvalue weighted by Crippen LogP contribution is -2.05. The van der Waals surface area contributed by atoms with Crippen molar-refractivity contribution in [2.24, 2.45) is 0 Å². The number of unbranched alkanes of at least 4 members (excludes halogenated alkanes) is 1. The number of halogens is 1. The zero-order valence-corrected chi connectivity index (χ0v) is 15.7. The van der Waals surface area contributed by atoms with Crippen LogP contribution < -0.4 is 4.74 Å². The van der Waals surface area contributed by atoms with E-state index >= 15 is 0 Å². The minimum atomic E-state index is -0.425. The van der Waals surface area contributed by atoms with Crippen LogP contribution in [0.4, 0.5) is 0 Å². The summed E-state index contributed by atoms with van der Waals surface area (Å²) in [6, 6.07) is 15.9. The van der Waals surface area contributed by atoms with Gasteiger partial charge in [0.1, 0.15) is 18.1 Å². The molecule has 0 amide bonds. The van der Waals surface area contributed by atoms with Crippen LogP contribution >= 0.6 is 11.6 Å². The first-order chi connectivity index (χ1) is 13.2. The summed E-state index contributed by atoms with van der Waals surface area (Å²) in [7, 11) is 0. The lowest BCUT2D eigenvalue weighted by molar-refractivity contribution is 0.0464. The molecule has 0 bridgehead atoms. The molecule has 1 aromatic heterocycles. The van der Waals surface area contributed by atoms with Crippen LogP contribution in [0.2, 0.25) is 5.02 Å². The van der Waals surface area contributed by atoms with Crippen LogP contribution in [0.5, 0.6) is 5.75 Å². The van der Waals surface area contributed by atoms with Gasteiger partial charge in [-0.15, -0.1) is 0 Å². The van der Waals surface area contributed by atoms with Crippen molar-refractivity contribution in [1.29, 1.82) is 0 Å². The van der Waals surface area contributed by atoms with Crippen molar-refractivity contribution in [2.75, 3.05) is 6.61 Å². The zero-order chi connectivity index (χ0) is 19.1. The first kappa shape index (κ1) is 19.0. The van der Waals surface area contributed by atoms with Crippen molar-refractivity contribution >= 4 is 17.6 Å². The average molecular weight is 386 g/mol. The fourth-order valence-electron chi connectivity index (χ4n) is 2.37. The standard InChI is InChI=1S/C21H20ClNO4/c1-2-3-12-25-19-10-6-16(7-11-19)21(24)26-14-18-13-20(27-23-18)15-4-8-17(22)9-5-15/h4-11,13H,2-3,12,14H2,1H3. The highest BCUT2D eigenvalue weighted by molar-refractivity contribution is 6.30. The Morgan fingerprint density at radius 1 is 1.11 bits per heavy atom. The maximum atomic E-state index is 12.2. The van der Waals surface area contributed by atoms with Gasteiger partial charge in [0, 0.05) is 16.7 Å². The van der Waals surface area contributed by atoms with E-state index in [2.05, 4.69) is 12.1 Å². The van der Waals surface area contributed by atoms with Gasteiger partial charge in [-0.2, -0.15) is 0 Å². The van der Waals surface area contributed by atoms with Gasteiger partial charge < -0.3 is 14.0 Å². The fraction of sp³-hybridized carbons (Fsp3) is 0.238. The van der Waals surface area contributed by atoms with E-state index in [-0.39, 0.29) is 6.61 Å². The Morgan fingerprint density at radius 3 is 2.56 bits per heavy atom. The van der Waals surface area contributed by atoms with E-state index in [9.17, 15) is 4.79 Å². The second kappa shape index (κ2) is 9.24. The molecule has 2 aromatic carbocycles. The molecule has 6 heteroatoms. The van der Waals surface area contributed by atoms with Crippen LogP contribution in [-0.2, 0) is 11.3 Å². The third-order valence-corrected chi connectivity index (χ3v) is 4.15. The van der Waals surface area contributed by atoms with Crippen molar-refractivity contribution in [3.63, 3.8) is 0 Å². The Labute approximate surface area is 162 Å². The molecular weight excluding hydrogens is 366 g/mol. The van der Waals surface area contributed by atoms with Gasteiger partial charge in [0.2, 0.25) is 0 Å². The molecule has 0 unspecified atom stereocenters. The summed E-state index contributed by atoms with van der Waals surface area (Å²) in [5, 5.41) is 4.58. The van der Waals surface area contributed by atoms with Crippen LogP contribution in [0.15, 0.2) is 59.1 Å². The lowest BCUT2D eigenvalue weighted by atomic mass is 10.2. The van der Waals surface area contributed by atoms with Gasteiger partial charge in [0.15, 0.2) is 5.76 Å². The molecule has 27 heavy (non-hydrogen) atoms. The third-order valence-electron chi connectivity index (χ3n) is 3.90. The van der Waals surface area contributed by atoms with Crippen LogP contribution in [-0.4, -0.2) is 17.7 Å². The number of aromatic nitrogens is 1. The Hall–Kier alpha value is -2.79. The van der Waals surface area contributed by atoms with E-state index in [4.69, 9.17) is 25.6 Å². The van der Waals surface area contributed by atoms with Crippen LogP contribution in [0, 0.1) is 0 Å². The summed E-state index contributed by atoms with van der Waals surface area (Å²) in [5.41, 5.74) is 1.84. The Balaban J connectivity index is 1.54. The number of nitrogens with zero attached hydrogens (tertiary/aromatic N) is 1. The van der Waals surface area contributed by atoms with Crippen LogP contribution in [0.1, 0.15) is 35.8 Å². The van der Waals surface area contributed by atoms with E-state index < -0.39 is 5.97 Å². The molecule has 0 saturated carbocycles. The molecule has 0 N–H and O–H groups in total. The van der Waals surface area contributed by atoms with E-state index in [1.165, 1.54) is 0 Å². The normalized spacial score (nSPS) is 10.6. The van der Waals surface area contributed by atoms with Gasteiger partial charge in [-0.3, -0.25) is 0 Å². The fourth-order valence-corrected chi connectivity index (χ4v) is 2.50. The van der Waals surface area contributed by atoms with Crippen molar-refractivity contribution in [2.45, 2.75) is 26.4 Å². The van der Waals surface area contributed by atoms with E-state index in [0.717, 1.165) is 24.2 Å². The summed E-state index contributed by atoms with van der Waals surface area (Å²) in [6.07, 6.45) is 2.08. The van der Waals surface area contributed by atoms with Crippen molar-refractivity contribution in [1.82, 2.24) is 5.16 Å². The predicted octanol–water partition coefficient (Wildman–Crippen LogP) is 5.53. The highest BCUT2D eigenvalue weighted by atomic mass is 35.5. The molecule has 0 radical (unpaired) electrons. The van der Waals surface area contributed by atoms with Gasteiger partial charge in [0.25, 0.3) is 0 Å². The van der Waals surface area contributed by atoms with Gasteiger partial charge >= 0.3 is 5.97 Å². The lowest BCUT2D eigenvalue weighted by Gasteiger charge is -2.06. The number of benzene rings is 2. The van der Waals surface area contributed by atoms with Crippen molar-refractivity contribution < 1.29 is 18.8 Å². The SMILES string of the molecule is CCCCOc1ccc(C(=O)OCc2cc(-c3ccc(Cl)cc3)on2)cc1. The maximum absolute atomic E-state index is 12.2. The van der Waals surface area contributed by atoms with Gasteiger partial charge in [-0.05, 0) is 55.0 Å². The number of carbonyl (C=O) groups is 1. The Kier molecular flexibility index (Phi) is 6.49. The molecule has 0 aliphatic carbocycles. The van der Waals surface area contributed by atoms with Gasteiger partial charge in [-0.1, -0.05) is 30.1 Å². The minimum Gasteiger partial charge on any atom is -0.494 e. The third kappa shape index (κ3) is 5.34. The molecule has 3 aromatic rings. The minimum absolute atomic E-state index is 0.0324. The van der Waals surface area contributed by atoms with Gasteiger partial charge in [-0.25, -0.2) is 4.79 Å². The van der Waals surface area contributed by atoms with E-state index in [0.29, 0.717) is 28.6 Å². The van der Waals surface area contributed by atoms with E-state index in [1.54, 1.807) is 42.5 Å². The molecule has 0 atom stereocenters. The smallest absolute Gasteiger partial charge is 0.338 e. The van der Waals surface area contributed by atoms with Crippen molar-refractivity contribution in [3.8, 4) is 17.1 Å². The molecule has 1 heterocycles. The largest absolute Gasteiger partial charge is 0.494 e. The number of carbonyl (C=O) groups excluding carboxylic acids is 1. The first-order valence-corrected chi connectivity index (χ1v) is 9.15. The van der Waals surface area contributed by atoms with Crippen LogP contribution in [0.25, 0.3) is 11.3 Å². The molecule has 140 valence electrons. The maximum Gasteiger partial charge on any atom is 0.338 e. The number of ether oxygens (including phenoxy) is 2. The first-order valence-electron chi connectivity index (χ1n) is 8.77. The number of hydrogen-bond acceptors (Lipinski definition) is 5.